The molecule has 0 spiro atoms. The van der Waals surface area contributed by atoms with Crippen LogP contribution in [0.5, 0.6) is 0 Å². The number of fused-ring (bicyclic) bond motifs is 1. The fraction of sp³-hybridized carbons (Fsp3) is 0.143. The van der Waals surface area contributed by atoms with Gasteiger partial charge in [-0.15, -0.1) is 0 Å². The van der Waals surface area contributed by atoms with Gasteiger partial charge in [0.25, 0.3) is 0 Å². The van der Waals surface area contributed by atoms with E-state index in [4.69, 9.17) is 11.0 Å². The van der Waals surface area contributed by atoms with Gasteiger partial charge in [0.05, 0.1) is 11.8 Å². The third-order valence-corrected chi connectivity index (χ3v) is 2.32. The molecule has 0 aromatic carbocycles. The molecule has 6 nitrogen and oxygen atoms in total. The lowest BCUT2D eigenvalue weighted by Crippen LogP contribution is -2.00. The first-order chi connectivity index (χ1) is 6.81. The van der Waals surface area contributed by atoms with Gasteiger partial charge in [0.15, 0.2) is 10.8 Å². The van der Waals surface area contributed by atoms with Crippen molar-refractivity contribution in [2.75, 3.05) is 11.5 Å². The van der Waals surface area contributed by atoms with E-state index < -0.39 is 0 Å². The molecular weight excluding hydrogens is 200 g/mol. The molecule has 70 valence electrons. The van der Waals surface area contributed by atoms with Gasteiger partial charge in [0, 0.05) is 6.07 Å². The lowest BCUT2D eigenvalue weighted by Gasteiger charge is -2.00. The second kappa shape index (κ2) is 3.51. The summed E-state index contributed by atoms with van der Waals surface area (Å²) in [6.45, 7) is 0. The average molecular weight is 206 g/mol. The summed E-state index contributed by atoms with van der Waals surface area (Å²) in [7, 11) is 0. The molecule has 0 atom stereocenters. The molecule has 0 saturated heterocycles. The van der Waals surface area contributed by atoms with Crippen LogP contribution >= 0.6 is 11.8 Å². The monoisotopic (exact) mass is 206 g/mol. The molecule has 2 aromatic rings. The lowest BCUT2D eigenvalue weighted by molar-refractivity contribution is 0.799. The van der Waals surface area contributed by atoms with Crippen LogP contribution in [-0.4, -0.2) is 25.3 Å². The van der Waals surface area contributed by atoms with Gasteiger partial charge in [-0.2, -0.15) is 14.9 Å². The number of aromatic nitrogens is 4. The Labute approximate surface area is 83.8 Å². The van der Waals surface area contributed by atoms with Crippen LogP contribution in [0.15, 0.2) is 17.6 Å². The van der Waals surface area contributed by atoms with E-state index in [0.29, 0.717) is 22.4 Å². The number of rotatable bonds is 2. The van der Waals surface area contributed by atoms with E-state index >= 15 is 0 Å². The van der Waals surface area contributed by atoms with E-state index in [1.165, 1.54) is 18.1 Å². The van der Waals surface area contributed by atoms with Gasteiger partial charge in [-0.05, 0) is 0 Å². The standard InChI is InChI=1S/C7H6N6S/c8-1-2-14-7-12-5(9)3-6-10-4-11-13(6)7/h3-4H,2,9H2. The molecule has 0 unspecified atom stereocenters. The van der Waals surface area contributed by atoms with Gasteiger partial charge < -0.3 is 5.73 Å². The number of hydrogen-bond acceptors (Lipinski definition) is 6. The third-order valence-electron chi connectivity index (χ3n) is 1.52. The van der Waals surface area contributed by atoms with Gasteiger partial charge in [-0.25, -0.2) is 9.97 Å². The molecule has 7 heteroatoms. The van der Waals surface area contributed by atoms with Crippen LogP contribution in [0.1, 0.15) is 0 Å². The first-order valence-corrected chi connectivity index (χ1v) is 4.76. The van der Waals surface area contributed by atoms with Crippen molar-refractivity contribution in [3.05, 3.63) is 12.4 Å². The minimum Gasteiger partial charge on any atom is -0.383 e. The van der Waals surface area contributed by atoms with Gasteiger partial charge in [-0.1, -0.05) is 11.8 Å². The smallest absolute Gasteiger partial charge is 0.193 e. The highest BCUT2D eigenvalue weighted by atomic mass is 32.2. The second-order valence-corrected chi connectivity index (χ2v) is 3.38. The Hall–Kier alpha value is -1.81. The number of hydrogen-bond donors (Lipinski definition) is 1. The van der Waals surface area contributed by atoms with E-state index in [-0.39, 0.29) is 0 Å². The van der Waals surface area contributed by atoms with Crippen molar-refractivity contribution in [2.45, 2.75) is 5.16 Å². The average Bonchev–Trinajstić information content (AvgIpc) is 2.61. The second-order valence-electron chi connectivity index (χ2n) is 2.44. The molecule has 0 aliphatic rings. The zero-order chi connectivity index (χ0) is 9.97. The zero-order valence-corrected chi connectivity index (χ0v) is 7.90. The van der Waals surface area contributed by atoms with Crippen molar-refractivity contribution in [3.8, 4) is 6.07 Å². The van der Waals surface area contributed by atoms with Crippen molar-refractivity contribution in [2.24, 2.45) is 0 Å². The van der Waals surface area contributed by atoms with Gasteiger partial charge >= 0.3 is 0 Å². The Bertz CT molecular complexity index is 498. The number of nitriles is 1. The van der Waals surface area contributed by atoms with E-state index in [9.17, 15) is 0 Å². The Kier molecular flexibility index (Phi) is 2.20. The summed E-state index contributed by atoms with van der Waals surface area (Å²) in [5.41, 5.74) is 6.20. The van der Waals surface area contributed by atoms with Crippen molar-refractivity contribution in [1.82, 2.24) is 19.6 Å². The molecule has 2 rings (SSSR count). The van der Waals surface area contributed by atoms with E-state index in [0.717, 1.165) is 0 Å². The molecule has 2 N–H and O–H groups in total. The van der Waals surface area contributed by atoms with Crippen LogP contribution in [0.3, 0.4) is 0 Å². The van der Waals surface area contributed by atoms with E-state index in [2.05, 4.69) is 15.1 Å². The summed E-state index contributed by atoms with van der Waals surface area (Å²) in [6, 6.07) is 3.64. The number of nitrogen functional groups attached to an aromatic ring is 1. The highest BCUT2D eigenvalue weighted by molar-refractivity contribution is 7.99. The van der Waals surface area contributed by atoms with Crippen molar-refractivity contribution < 1.29 is 0 Å². The Morgan fingerprint density at radius 3 is 3.29 bits per heavy atom. The van der Waals surface area contributed by atoms with Crippen molar-refractivity contribution in [3.63, 3.8) is 0 Å². The molecular formula is C7H6N6S. The molecule has 0 amide bonds. The van der Waals surface area contributed by atoms with Crippen LogP contribution in [0.2, 0.25) is 0 Å². The Balaban J connectivity index is 2.51. The van der Waals surface area contributed by atoms with Gasteiger partial charge in [0.1, 0.15) is 12.1 Å². The quantitative estimate of drug-likeness (QED) is 0.562. The zero-order valence-electron chi connectivity index (χ0n) is 7.08. The van der Waals surface area contributed by atoms with E-state index in [1.807, 2.05) is 6.07 Å². The van der Waals surface area contributed by atoms with Crippen LogP contribution in [0.25, 0.3) is 5.65 Å². The number of anilines is 1. The van der Waals surface area contributed by atoms with Crippen LogP contribution in [-0.2, 0) is 0 Å². The van der Waals surface area contributed by atoms with Crippen LogP contribution in [0, 0.1) is 11.3 Å². The normalized spacial score (nSPS) is 10.2. The van der Waals surface area contributed by atoms with Gasteiger partial charge in [-0.3, -0.25) is 0 Å². The summed E-state index contributed by atoms with van der Waals surface area (Å²) in [4.78, 5) is 8.05. The summed E-state index contributed by atoms with van der Waals surface area (Å²) in [5, 5.41) is 13.0. The fourth-order valence-corrected chi connectivity index (χ4v) is 1.64. The summed E-state index contributed by atoms with van der Waals surface area (Å²) in [5.74, 6) is 0.691. The largest absolute Gasteiger partial charge is 0.383 e. The van der Waals surface area contributed by atoms with Crippen LogP contribution < -0.4 is 5.73 Å². The van der Waals surface area contributed by atoms with Crippen LogP contribution in [0.4, 0.5) is 5.82 Å². The molecule has 2 aromatic heterocycles. The molecule has 14 heavy (non-hydrogen) atoms. The first-order valence-electron chi connectivity index (χ1n) is 3.77. The first kappa shape index (κ1) is 8.77. The minimum atomic E-state index is 0.311. The summed E-state index contributed by atoms with van der Waals surface area (Å²) < 4.78 is 1.55. The maximum Gasteiger partial charge on any atom is 0.193 e. The predicted octanol–water partition coefficient (Wildman–Crippen LogP) is 0.322. The molecule has 0 aliphatic heterocycles. The maximum atomic E-state index is 8.44. The Morgan fingerprint density at radius 1 is 1.64 bits per heavy atom. The molecule has 2 heterocycles. The SMILES string of the molecule is N#CCSc1nc(N)cc2ncnn12. The molecule has 0 radical (unpaired) electrons. The predicted molar refractivity (Wildman–Crippen MR) is 51.5 cm³/mol. The third kappa shape index (κ3) is 1.47. The van der Waals surface area contributed by atoms with Gasteiger partial charge in [0.2, 0.25) is 0 Å². The Morgan fingerprint density at radius 2 is 2.50 bits per heavy atom. The van der Waals surface area contributed by atoms with Crippen molar-refractivity contribution in [1.29, 1.82) is 5.26 Å². The van der Waals surface area contributed by atoms with E-state index in [1.54, 1.807) is 10.6 Å². The minimum absolute atomic E-state index is 0.311. The molecule has 0 aliphatic carbocycles. The molecule has 0 bridgehead atoms. The molecule has 0 fully saturated rings. The number of nitrogens with two attached hydrogens (primary N) is 1. The highest BCUT2D eigenvalue weighted by Gasteiger charge is 2.05. The highest BCUT2D eigenvalue weighted by Crippen LogP contribution is 2.16. The number of thioether (sulfide) groups is 1. The molecule has 0 saturated carbocycles. The van der Waals surface area contributed by atoms with Crippen molar-refractivity contribution >= 4 is 23.2 Å². The lowest BCUT2D eigenvalue weighted by atomic mass is 10.6. The fourth-order valence-electron chi connectivity index (χ4n) is 1.01. The number of nitrogens with zero attached hydrogens (tertiary/aromatic N) is 5. The topological polar surface area (TPSA) is 92.9 Å². The maximum absolute atomic E-state index is 8.44. The summed E-state index contributed by atoms with van der Waals surface area (Å²) in [6.07, 6.45) is 1.42. The summed E-state index contributed by atoms with van der Waals surface area (Å²) >= 11 is 1.28.